The maximum Gasteiger partial charge on any atom is 0.496 e. The molecule has 0 N–H and O–H groups in total. The van der Waals surface area contributed by atoms with Crippen molar-refractivity contribution in [2.75, 3.05) is 0 Å². The first-order chi connectivity index (χ1) is 12.8. The number of halogens is 1. The van der Waals surface area contributed by atoms with Gasteiger partial charge in [0.05, 0.1) is 20.9 Å². The first-order valence-electron chi connectivity index (χ1n) is 9.17. The first kappa shape index (κ1) is 17.5. The highest BCUT2D eigenvalue weighted by Crippen LogP contribution is 2.43. The van der Waals surface area contributed by atoms with E-state index >= 15 is 0 Å². The largest absolute Gasteiger partial charge is 0.496 e. The van der Waals surface area contributed by atoms with E-state index in [1.165, 1.54) is 10.1 Å². The monoisotopic (exact) mass is 394 g/mol. The van der Waals surface area contributed by atoms with E-state index in [0.717, 1.165) is 31.3 Å². The molecule has 136 valence electrons. The van der Waals surface area contributed by atoms with Crippen LogP contribution in [0.1, 0.15) is 27.7 Å². The van der Waals surface area contributed by atoms with Crippen LogP contribution in [0.4, 0.5) is 0 Å². The number of fused-ring (bicyclic) bond motifs is 4. The molecule has 0 spiro atoms. The lowest BCUT2D eigenvalue weighted by Gasteiger charge is -2.32. The van der Waals surface area contributed by atoms with Gasteiger partial charge in [0.1, 0.15) is 0 Å². The van der Waals surface area contributed by atoms with Crippen LogP contribution in [-0.4, -0.2) is 18.3 Å². The van der Waals surface area contributed by atoms with Gasteiger partial charge in [-0.25, -0.2) is 0 Å². The van der Waals surface area contributed by atoms with Gasteiger partial charge in [0, 0.05) is 20.9 Å². The highest BCUT2D eigenvalue weighted by Gasteiger charge is 2.52. The molecule has 4 aromatic rings. The molecule has 27 heavy (non-hydrogen) atoms. The third kappa shape index (κ3) is 2.41. The highest BCUT2D eigenvalue weighted by molar-refractivity contribution is 7.26. The summed E-state index contributed by atoms with van der Waals surface area (Å²) in [6.07, 6.45) is 0. The lowest BCUT2D eigenvalue weighted by Crippen LogP contribution is -2.41. The number of hydrogen-bond acceptors (Lipinski definition) is 3. The van der Waals surface area contributed by atoms with Gasteiger partial charge in [0.2, 0.25) is 0 Å². The van der Waals surface area contributed by atoms with Crippen molar-refractivity contribution in [1.29, 1.82) is 0 Å². The molecule has 5 heteroatoms. The minimum Gasteiger partial charge on any atom is -0.399 e. The molecule has 0 atom stereocenters. The highest BCUT2D eigenvalue weighted by atomic mass is 35.5. The van der Waals surface area contributed by atoms with Crippen LogP contribution in [0.5, 0.6) is 0 Å². The van der Waals surface area contributed by atoms with Crippen LogP contribution in [-0.2, 0) is 9.31 Å². The fourth-order valence-corrected chi connectivity index (χ4v) is 5.38. The summed E-state index contributed by atoms with van der Waals surface area (Å²) >= 11 is 8.60. The molecule has 0 bridgehead atoms. The molecule has 1 fully saturated rings. The number of benzene rings is 3. The third-order valence-corrected chi connectivity index (χ3v) is 7.70. The van der Waals surface area contributed by atoms with Crippen molar-refractivity contribution in [3.05, 3.63) is 53.6 Å². The smallest absolute Gasteiger partial charge is 0.399 e. The lowest BCUT2D eigenvalue weighted by molar-refractivity contribution is 0.00578. The van der Waals surface area contributed by atoms with Crippen LogP contribution >= 0.6 is 22.9 Å². The summed E-state index contributed by atoms with van der Waals surface area (Å²) in [7, 11) is -0.433. The third-order valence-electron chi connectivity index (χ3n) is 6.01. The zero-order chi connectivity index (χ0) is 19.0. The van der Waals surface area contributed by atoms with E-state index in [4.69, 9.17) is 20.9 Å². The first-order valence-corrected chi connectivity index (χ1v) is 10.4. The molecule has 0 amide bonds. The van der Waals surface area contributed by atoms with Crippen molar-refractivity contribution in [1.82, 2.24) is 0 Å². The molecular formula is C22H20BClO2S. The van der Waals surface area contributed by atoms with Crippen LogP contribution in [0.2, 0.25) is 5.02 Å². The van der Waals surface area contributed by atoms with Gasteiger partial charge in [-0.15, -0.1) is 11.3 Å². The topological polar surface area (TPSA) is 18.5 Å². The Balaban J connectivity index is 1.93. The molecule has 5 rings (SSSR count). The normalized spacial score (nSPS) is 18.8. The molecule has 0 saturated carbocycles. The summed E-state index contributed by atoms with van der Waals surface area (Å²) in [6, 6.07) is 16.7. The Morgan fingerprint density at radius 2 is 1.37 bits per heavy atom. The Morgan fingerprint density at radius 3 is 2.04 bits per heavy atom. The van der Waals surface area contributed by atoms with E-state index in [-0.39, 0.29) is 0 Å². The molecule has 1 saturated heterocycles. The van der Waals surface area contributed by atoms with E-state index in [2.05, 4.69) is 64.1 Å². The van der Waals surface area contributed by atoms with Crippen LogP contribution in [0.25, 0.3) is 30.9 Å². The molecule has 1 aliphatic rings. The van der Waals surface area contributed by atoms with Gasteiger partial charge in [-0.2, -0.15) is 0 Å². The fourth-order valence-electron chi connectivity index (χ4n) is 3.84. The predicted molar refractivity (Wildman–Crippen MR) is 118 cm³/mol. The standard InChI is InChI=1S/C22H20BClO2S/c1-21(2)22(3,4)26-23(25-21)18-13-9-5-6-10-14(13)19(24)20-17(18)15-11-7-8-12-16(15)27-20/h5-12H,1-4H3. The van der Waals surface area contributed by atoms with Crippen molar-refractivity contribution in [3.63, 3.8) is 0 Å². The van der Waals surface area contributed by atoms with Crippen molar-refractivity contribution in [2.24, 2.45) is 0 Å². The van der Waals surface area contributed by atoms with Gasteiger partial charge in [-0.05, 0) is 44.6 Å². The fraction of sp³-hybridized carbons (Fsp3) is 0.273. The molecule has 3 aromatic carbocycles. The van der Waals surface area contributed by atoms with Crippen molar-refractivity contribution in [3.8, 4) is 0 Å². The summed E-state index contributed by atoms with van der Waals surface area (Å²) in [6.45, 7) is 8.37. The molecule has 1 aromatic heterocycles. The second-order valence-corrected chi connectivity index (χ2v) is 9.59. The summed E-state index contributed by atoms with van der Waals surface area (Å²) in [5.41, 5.74) is 0.300. The van der Waals surface area contributed by atoms with Crippen molar-refractivity contribution in [2.45, 2.75) is 38.9 Å². The van der Waals surface area contributed by atoms with Gasteiger partial charge in [0.25, 0.3) is 0 Å². The lowest BCUT2D eigenvalue weighted by atomic mass is 9.73. The molecule has 2 nitrogen and oxygen atoms in total. The van der Waals surface area contributed by atoms with Gasteiger partial charge < -0.3 is 9.31 Å². The van der Waals surface area contributed by atoms with Crippen LogP contribution in [0.3, 0.4) is 0 Å². The molecule has 0 radical (unpaired) electrons. The number of hydrogen-bond donors (Lipinski definition) is 0. The van der Waals surface area contributed by atoms with Crippen LogP contribution in [0, 0.1) is 0 Å². The number of rotatable bonds is 1. The van der Waals surface area contributed by atoms with Crippen LogP contribution < -0.4 is 5.46 Å². The van der Waals surface area contributed by atoms with Gasteiger partial charge in [-0.3, -0.25) is 0 Å². The van der Waals surface area contributed by atoms with Gasteiger partial charge in [0.15, 0.2) is 0 Å². The van der Waals surface area contributed by atoms with Crippen molar-refractivity contribution >= 4 is 66.5 Å². The molecular weight excluding hydrogens is 375 g/mol. The minimum atomic E-state index is -0.433. The van der Waals surface area contributed by atoms with E-state index in [1.54, 1.807) is 11.3 Å². The molecule has 0 aliphatic carbocycles. The quantitative estimate of drug-likeness (QED) is 0.360. The second-order valence-electron chi connectivity index (χ2n) is 8.16. The predicted octanol–water partition coefficient (Wildman–Crippen LogP) is 6.16. The minimum absolute atomic E-state index is 0.392. The maximum atomic E-state index is 6.87. The zero-order valence-electron chi connectivity index (χ0n) is 15.8. The summed E-state index contributed by atoms with van der Waals surface area (Å²) in [5, 5.41) is 5.30. The summed E-state index contributed by atoms with van der Waals surface area (Å²) in [5.74, 6) is 0. The Hall–Kier alpha value is -1.59. The SMILES string of the molecule is CC1(C)OB(c2c3ccccc3c(Cl)c3sc4ccccc4c23)OC1(C)C. The zero-order valence-corrected chi connectivity index (χ0v) is 17.4. The Labute approximate surface area is 168 Å². The maximum absolute atomic E-state index is 6.87. The van der Waals surface area contributed by atoms with Crippen molar-refractivity contribution < 1.29 is 9.31 Å². The second kappa shape index (κ2) is 5.71. The van der Waals surface area contributed by atoms with E-state index < -0.39 is 18.3 Å². The van der Waals surface area contributed by atoms with Gasteiger partial charge in [-0.1, -0.05) is 54.1 Å². The van der Waals surface area contributed by atoms with E-state index in [9.17, 15) is 0 Å². The average Bonchev–Trinajstić information content (AvgIpc) is 3.10. The summed E-state index contributed by atoms with van der Waals surface area (Å²) < 4.78 is 15.3. The van der Waals surface area contributed by atoms with Crippen LogP contribution in [0.15, 0.2) is 48.5 Å². The number of thiophene rings is 1. The van der Waals surface area contributed by atoms with E-state index in [0.29, 0.717) is 0 Å². The molecule has 0 unspecified atom stereocenters. The summed E-state index contributed by atoms with van der Waals surface area (Å²) in [4.78, 5) is 0. The Morgan fingerprint density at radius 1 is 0.815 bits per heavy atom. The average molecular weight is 395 g/mol. The van der Waals surface area contributed by atoms with E-state index in [1.807, 2.05) is 12.1 Å². The molecule has 1 aliphatic heterocycles. The Kier molecular flexibility index (Phi) is 3.70. The van der Waals surface area contributed by atoms with Gasteiger partial charge >= 0.3 is 7.12 Å². The molecule has 2 heterocycles. The Bertz CT molecular complexity index is 1200.